The zero-order valence-corrected chi connectivity index (χ0v) is 38.4. The molecule has 0 bridgehead atoms. The molecule has 0 N–H and O–H groups in total. The van der Waals surface area contributed by atoms with Gasteiger partial charge in [0, 0.05) is 16.3 Å². The summed E-state index contributed by atoms with van der Waals surface area (Å²) < 4.78 is 11.2. The maximum Gasteiger partial charge on any atom is 0.242 e. The van der Waals surface area contributed by atoms with E-state index in [2.05, 4.69) is 231 Å². The average molecular weight is 918 g/mol. The van der Waals surface area contributed by atoms with Crippen LogP contribution in [0.25, 0.3) is 67.1 Å². The molecule has 1 aliphatic carbocycles. The number of benzene rings is 8. The minimum atomic E-state index is -3.20. The maximum atomic E-state index is 6.95. The number of imidazole rings is 2. The summed E-state index contributed by atoms with van der Waals surface area (Å²) in [6.07, 6.45) is 8.58. The van der Waals surface area contributed by atoms with Crippen LogP contribution in [-0.2, 0) is 0 Å². The Morgan fingerprint density at radius 2 is 1.16 bits per heavy atom. The molecule has 0 spiro atoms. The van der Waals surface area contributed by atoms with Gasteiger partial charge in [-0.1, -0.05) is 182 Å². The van der Waals surface area contributed by atoms with Crippen LogP contribution in [0.2, 0.25) is 0 Å². The van der Waals surface area contributed by atoms with Crippen LogP contribution in [0.15, 0.2) is 234 Å². The highest BCUT2D eigenvalue weighted by Crippen LogP contribution is 2.46. The van der Waals surface area contributed by atoms with Crippen LogP contribution in [0.1, 0.15) is 0 Å². The Morgan fingerprint density at radius 3 is 2.00 bits per heavy atom. The summed E-state index contributed by atoms with van der Waals surface area (Å²) in [6.45, 7) is 0. The monoisotopic (exact) mass is 917 g/mol. The summed E-state index contributed by atoms with van der Waals surface area (Å²) in [7, 11) is -3.20. The fraction of sp³-hybridized carbons (Fsp3) is 0.0339. The van der Waals surface area contributed by atoms with Gasteiger partial charge in [0.05, 0.1) is 45.5 Å². The third-order valence-corrected chi connectivity index (χ3v) is 19.1. The molecule has 0 radical (unpaired) electrons. The Labute approximate surface area is 402 Å². The number of nitrogens with zero attached hydrogens (tertiary/aromatic N) is 9. The Bertz CT molecular complexity index is 4150. The minimum Gasteiger partial charge on any atom is -0.456 e. The van der Waals surface area contributed by atoms with Gasteiger partial charge in [0.1, 0.15) is 11.2 Å². The first-order chi connectivity index (χ1) is 34.7. The van der Waals surface area contributed by atoms with E-state index in [9.17, 15) is 0 Å². The molecule has 10 nitrogen and oxygen atoms in total. The second-order valence-electron chi connectivity index (χ2n) is 18.0. The topological polar surface area (TPSA) is 92.9 Å². The van der Waals surface area contributed by atoms with Gasteiger partial charge in [0.25, 0.3) is 0 Å². The van der Waals surface area contributed by atoms with Crippen LogP contribution in [0.5, 0.6) is 0 Å². The van der Waals surface area contributed by atoms with Gasteiger partial charge in [0.2, 0.25) is 23.6 Å². The molecule has 0 saturated heterocycles. The van der Waals surface area contributed by atoms with Gasteiger partial charge < -0.3 is 9.32 Å². The molecule has 0 saturated carbocycles. The zero-order chi connectivity index (χ0) is 45.9. The summed E-state index contributed by atoms with van der Waals surface area (Å²) in [5.41, 5.74) is 8.42. The first-order valence-electron chi connectivity index (χ1n) is 23.6. The third kappa shape index (κ3) is 5.45. The van der Waals surface area contributed by atoms with Gasteiger partial charge in [-0.25, -0.2) is 19.4 Å². The van der Waals surface area contributed by atoms with Crippen molar-refractivity contribution < 1.29 is 4.42 Å². The Hall–Kier alpha value is -9.19. The van der Waals surface area contributed by atoms with Crippen LogP contribution in [0.3, 0.4) is 0 Å². The van der Waals surface area contributed by atoms with E-state index in [4.69, 9.17) is 29.3 Å². The normalized spacial score (nSPS) is 16.2. The molecule has 70 heavy (non-hydrogen) atoms. The van der Waals surface area contributed by atoms with Crippen molar-refractivity contribution in [2.24, 2.45) is 4.99 Å². The van der Waals surface area contributed by atoms with E-state index >= 15 is 0 Å². The van der Waals surface area contributed by atoms with Crippen molar-refractivity contribution in [3.05, 3.63) is 224 Å². The predicted molar refractivity (Wildman–Crippen MR) is 284 cm³/mol. The summed E-state index contributed by atoms with van der Waals surface area (Å²) in [6, 6.07) is 70.8. The molecule has 0 amide bonds. The van der Waals surface area contributed by atoms with E-state index in [0.717, 1.165) is 77.3 Å². The molecular formula is C59H39N9OSi. The molecule has 2 unspecified atom stereocenters. The predicted octanol–water partition coefficient (Wildman–Crippen LogP) is 9.75. The quantitative estimate of drug-likeness (QED) is 0.116. The molecule has 2 aliphatic heterocycles. The smallest absolute Gasteiger partial charge is 0.242 e. The summed E-state index contributed by atoms with van der Waals surface area (Å²) >= 11 is 0. The summed E-state index contributed by atoms with van der Waals surface area (Å²) in [4.78, 5) is 31.5. The molecule has 11 heteroatoms. The van der Waals surface area contributed by atoms with Gasteiger partial charge in [0.15, 0.2) is 13.9 Å². The molecule has 0 fully saturated rings. The lowest BCUT2D eigenvalue weighted by Crippen LogP contribution is -2.74. The van der Waals surface area contributed by atoms with Crippen molar-refractivity contribution in [1.29, 1.82) is 0 Å². The molecule has 3 aliphatic rings. The molecule has 4 aromatic heterocycles. The molecule has 12 aromatic rings. The van der Waals surface area contributed by atoms with Crippen LogP contribution in [-0.4, -0.2) is 55.0 Å². The van der Waals surface area contributed by atoms with Crippen molar-refractivity contribution in [3.8, 4) is 17.3 Å². The Morgan fingerprint density at radius 1 is 0.500 bits per heavy atom. The number of aromatic nitrogens is 6. The van der Waals surface area contributed by atoms with E-state index in [1.807, 2.05) is 12.1 Å². The van der Waals surface area contributed by atoms with Gasteiger partial charge in [-0.3, -0.25) is 4.40 Å². The molecule has 2 atom stereocenters. The Balaban J connectivity index is 1.02. The zero-order valence-electron chi connectivity index (χ0n) is 37.4. The fourth-order valence-electron chi connectivity index (χ4n) is 11.4. The van der Waals surface area contributed by atoms with Gasteiger partial charge in [-0.15, -0.1) is 0 Å². The van der Waals surface area contributed by atoms with Crippen LogP contribution in [0.4, 0.5) is 17.3 Å². The fourth-order valence-corrected chi connectivity index (χ4v) is 16.3. The standard InChI is InChI=1S/C59H39N9OSi/c1-3-20-39(21-4-1)70(40-22-5-2-6-23-40,53-36-18-26-43-42-25-7-16-35-52(42)69-54(43)53)41-24-17-19-38(37-41)55-62-56(67-50-33-14-12-31-48(50)65-46-29-10-8-27-44(46)60-58(65)67)64-57(63-55)68-51-34-15-13-32-49(51)66-47-30-11-9-28-45(47)61-59(66)68/h1-37,44,46H. The van der Waals surface area contributed by atoms with Gasteiger partial charge in [-0.2, -0.15) is 15.0 Å². The lowest BCUT2D eigenvalue weighted by molar-refractivity contribution is 0.671. The number of aliphatic imine (C=N–C) groups is 1. The number of anilines is 3. The van der Waals surface area contributed by atoms with Crippen molar-refractivity contribution in [3.63, 3.8) is 0 Å². The molecule has 8 aromatic carbocycles. The van der Waals surface area contributed by atoms with E-state index in [0.29, 0.717) is 23.5 Å². The van der Waals surface area contributed by atoms with Crippen molar-refractivity contribution in [1.82, 2.24) is 28.9 Å². The SMILES string of the molecule is C1=CC2N=C3N(c4nc(-c5cccc([Si](c6ccccc6)(c6ccccc6)c6cccc7c6oc6ccccc67)c5)nc(-n5c6ccccc6n6c7ccccc7nc56)n4)c4ccccc4N3C2C=C1. The summed E-state index contributed by atoms with van der Waals surface area (Å²) in [5, 5.41) is 6.98. The number of hydrogen-bond donors (Lipinski definition) is 0. The molecule has 15 rings (SSSR count). The first kappa shape index (κ1) is 38.9. The number of para-hydroxylation sites is 8. The molecule has 330 valence electrons. The van der Waals surface area contributed by atoms with Crippen LogP contribution in [0, 0.1) is 0 Å². The minimum absolute atomic E-state index is 0.0271. The van der Waals surface area contributed by atoms with Crippen molar-refractivity contribution >= 4 is 102 Å². The maximum absolute atomic E-state index is 6.95. The van der Waals surface area contributed by atoms with E-state index in [1.54, 1.807) is 0 Å². The number of guanidine groups is 1. The highest BCUT2D eigenvalue weighted by atomic mass is 28.3. The second kappa shape index (κ2) is 14.9. The number of fused-ring (bicyclic) bond motifs is 13. The molecular weight excluding hydrogens is 879 g/mol. The number of furan rings is 1. The Kier molecular flexibility index (Phi) is 8.27. The second-order valence-corrected chi connectivity index (χ2v) is 21.8. The van der Waals surface area contributed by atoms with Crippen LogP contribution >= 0.6 is 0 Å². The van der Waals surface area contributed by atoms with E-state index in [1.165, 1.54) is 10.4 Å². The number of allylic oxidation sites excluding steroid dienone is 2. The van der Waals surface area contributed by atoms with E-state index < -0.39 is 8.07 Å². The largest absolute Gasteiger partial charge is 0.456 e. The van der Waals surface area contributed by atoms with Crippen LogP contribution < -0.4 is 30.5 Å². The highest BCUT2D eigenvalue weighted by Gasteiger charge is 2.47. The average Bonchev–Trinajstić information content (AvgIpc) is 4.24. The highest BCUT2D eigenvalue weighted by molar-refractivity contribution is 7.20. The lowest BCUT2D eigenvalue weighted by Gasteiger charge is -2.34. The third-order valence-electron chi connectivity index (χ3n) is 14.3. The van der Waals surface area contributed by atoms with E-state index in [-0.39, 0.29) is 12.1 Å². The number of hydrogen-bond acceptors (Lipinski definition) is 8. The van der Waals surface area contributed by atoms with Gasteiger partial charge in [-0.05, 0) is 63.2 Å². The van der Waals surface area contributed by atoms with Gasteiger partial charge >= 0.3 is 0 Å². The first-order valence-corrected chi connectivity index (χ1v) is 25.6. The molecule has 6 heterocycles. The van der Waals surface area contributed by atoms with Crippen molar-refractivity contribution in [2.75, 3.05) is 9.80 Å². The lowest BCUT2D eigenvalue weighted by atomic mass is 10.0. The summed E-state index contributed by atoms with van der Waals surface area (Å²) in [5.74, 6) is 2.91. The number of rotatable bonds is 7. The van der Waals surface area contributed by atoms with Crippen molar-refractivity contribution in [2.45, 2.75) is 12.1 Å².